The van der Waals surface area contributed by atoms with Crippen molar-refractivity contribution in [2.45, 2.75) is 37.9 Å². The molecule has 0 saturated heterocycles. The van der Waals surface area contributed by atoms with Crippen molar-refractivity contribution in [3.05, 3.63) is 63.3 Å². The van der Waals surface area contributed by atoms with Gasteiger partial charge in [0.05, 0.1) is 22.2 Å². The zero-order valence-corrected chi connectivity index (χ0v) is 20.2. The first-order valence-corrected chi connectivity index (χ1v) is 12.8. The molecule has 1 aromatic carbocycles. The first-order chi connectivity index (χ1) is 16.5. The minimum atomic E-state index is -0.214. The summed E-state index contributed by atoms with van der Waals surface area (Å²) in [7, 11) is 0. The summed E-state index contributed by atoms with van der Waals surface area (Å²) >= 11 is 2.75. The quantitative estimate of drug-likeness (QED) is 0.323. The van der Waals surface area contributed by atoms with E-state index in [0.717, 1.165) is 24.8 Å². The third kappa shape index (κ3) is 3.81. The Morgan fingerprint density at radius 1 is 1.41 bits per heavy atom. The van der Waals surface area contributed by atoms with E-state index in [4.69, 9.17) is 0 Å². The van der Waals surface area contributed by atoms with Gasteiger partial charge in [0.15, 0.2) is 5.16 Å². The fourth-order valence-corrected chi connectivity index (χ4v) is 6.49. The molecule has 3 heterocycles. The number of thiophene rings is 1. The Morgan fingerprint density at radius 3 is 3.03 bits per heavy atom. The molecule has 1 unspecified atom stereocenters. The molecular formula is C24H22N6O2S2. The van der Waals surface area contributed by atoms with Gasteiger partial charge in [-0.15, -0.1) is 28.1 Å². The number of para-hydroxylation sites is 1. The average molecular weight is 491 g/mol. The lowest BCUT2D eigenvalue weighted by Crippen LogP contribution is -2.22. The number of nitriles is 1. The zero-order chi connectivity index (χ0) is 23.8. The number of hydrogen-bond donors (Lipinski definition) is 1. The molecule has 34 heavy (non-hydrogen) atoms. The Bertz CT molecular complexity index is 1540. The number of carbonyl (C=O) groups excluding carboxylic acids is 1. The van der Waals surface area contributed by atoms with E-state index in [-0.39, 0.29) is 17.2 Å². The molecule has 1 N–H and O–H groups in total. The van der Waals surface area contributed by atoms with Crippen molar-refractivity contribution in [1.82, 2.24) is 19.2 Å². The maximum absolute atomic E-state index is 12.9. The number of nitrogens with zero attached hydrogens (tertiary/aromatic N) is 5. The maximum atomic E-state index is 12.9. The molecule has 5 rings (SSSR count). The van der Waals surface area contributed by atoms with Crippen molar-refractivity contribution in [2.24, 2.45) is 5.92 Å². The highest BCUT2D eigenvalue weighted by atomic mass is 32.2. The van der Waals surface area contributed by atoms with Crippen LogP contribution in [0.15, 0.2) is 46.9 Å². The Balaban J connectivity index is 1.42. The third-order valence-electron chi connectivity index (χ3n) is 6.00. The van der Waals surface area contributed by atoms with Crippen LogP contribution < -0.4 is 10.9 Å². The van der Waals surface area contributed by atoms with Crippen LogP contribution >= 0.6 is 23.1 Å². The van der Waals surface area contributed by atoms with Gasteiger partial charge in [0, 0.05) is 11.4 Å². The Kier molecular flexibility index (Phi) is 5.98. The second-order valence-electron chi connectivity index (χ2n) is 8.34. The monoisotopic (exact) mass is 490 g/mol. The second-order valence-corrected chi connectivity index (χ2v) is 10.4. The highest BCUT2D eigenvalue weighted by Crippen LogP contribution is 2.39. The van der Waals surface area contributed by atoms with Crippen molar-refractivity contribution >= 4 is 50.7 Å². The SMILES string of the molecule is C=CCn1c(=O)c2ccccc2n2c(SCC(=O)Nc3sc4c(c3C#N)CCC(C)C4)nnc12. The zero-order valence-electron chi connectivity index (χ0n) is 18.6. The first kappa shape index (κ1) is 22.4. The number of allylic oxidation sites excluding steroid dienone is 1. The van der Waals surface area contributed by atoms with Crippen LogP contribution in [0.25, 0.3) is 16.7 Å². The van der Waals surface area contributed by atoms with E-state index >= 15 is 0 Å². The van der Waals surface area contributed by atoms with Crippen molar-refractivity contribution in [3.8, 4) is 6.07 Å². The van der Waals surface area contributed by atoms with E-state index in [2.05, 4.69) is 35.1 Å². The number of benzene rings is 1. The lowest BCUT2D eigenvalue weighted by Gasteiger charge is -2.17. The van der Waals surface area contributed by atoms with Crippen LogP contribution in [0.1, 0.15) is 29.3 Å². The summed E-state index contributed by atoms with van der Waals surface area (Å²) in [6, 6.07) is 9.55. The number of fused-ring (bicyclic) bond motifs is 4. The summed E-state index contributed by atoms with van der Waals surface area (Å²) in [5.74, 6) is 0.873. The van der Waals surface area contributed by atoms with Crippen molar-refractivity contribution < 1.29 is 4.79 Å². The number of carbonyl (C=O) groups is 1. The van der Waals surface area contributed by atoms with Crippen molar-refractivity contribution in [2.75, 3.05) is 11.1 Å². The molecule has 0 aliphatic heterocycles. The fraction of sp³-hybridized carbons (Fsp3) is 0.292. The van der Waals surface area contributed by atoms with Gasteiger partial charge in [0.1, 0.15) is 11.1 Å². The lowest BCUT2D eigenvalue weighted by molar-refractivity contribution is -0.113. The van der Waals surface area contributed by atoms with Gasteiger partial charge >= 0.3 is 0 Å². The molecule has 1 aliphatic rings. The van der Waals surface area contributed by atoms with Crippen LogP contribution in [-0.4, -0.2) is 30.8 Å². The standard InChI is InChI=1S/C24H22N6O2S2/c1-3-10-29-22(32)16-6-4-5-7-18(16)30-23(29)27-28-24(30)33-13-20(31)26-21-17(12-25)15-9-8-14(2)11-19(15)34-21/h3-7,14H,1,8-11,13H2,2H3,(H,26,31). The van der Waals surface area contributed by atoms with Crippen LogP contribution in [0.2, 0.25) is 0 Å². The smallest absolute Gasteiger partial charge is 0.263 e. The molecular weight excluding hydrogens is 468 g/mol. The van der Waals surface area contributed by atoms with Gasteiger partial charge in [-0.3, -0.25) is 18.6 Å². The van der Waals surface area contributed by atoms with Crippen LogP contribution in [0.4, 0.5) is 5.00 Å². The summed E-state index contributed by atoms with van der Waals surface area (Å²) < 4.78 is 3.31. The molecule has 0 fully saturated rings. The van der Waals surface area contributed by atoms with Crippen LogP contribution in [-0.2, 0) is 24.2 Å². The molecule has 4 aromatic rings. The number of rotatable bonds is 6. The molecule has 0 bridgehead atoms. The van der Waals surface area contributed by atoms with E-state index in [1.165, 1.54) is 32.5 Å². The van der Waals surface area contributed by atoms with E-state index in [9.17, 15) is 14.9 Å². The van der Waals surface area contributed by atoms with E-state index in [1.54, 1.807) is 16.5 Å². The normalized spacial score (nSPS) is 15.2. The Morgan fingerprint density at radius 2 is 2.24 bits per heavy atom. The number of nitrogens with one attached hydrogen (secondary N) is 1. The van der Waals surface area contributed by atoms with Gasteiger partial charge in [0.2, 0.25) is 11.7 Å². The summed E-state index contributed by atoms with van der Waals surface area (Å²) in [5, 5.41) is 22.8. The molecule has 0 spiro atoms. The minimum absolute atomic E-state index is 0.0968. The van der Waals surface area contributed by atoms with Crippen LogP contribution in [0.3, 0.4) is 0 Å². The number of aromatic nitrogens is 4. The Labute approximate surface area is 203 Å². The molecule has 172 valence electrons. The van der Waals surface area contributed by atoms with Crippen molar-refractivity contribution in [1.29, 1.82) is 5.26 Å². The van der Waals surface area contributed by atoms with Crippen LogP contribution in [0.5, 0.6) is 0 Å². The summed E-state index contributed by atoms with van der Waals surface area (Å²) in [5.41, 5.74) is 2.20. The van der Waals surface area contributed by atoms with Gasteiger partial charge in [-0.2, -0.15) is 5.26 Å². The fourth-order valence-electron chi connectivity index (χ4n) is 4.37. The molecule has 1 atom stereocenters. The number of hydrogen-bond acceptors (Lipinski definition) is 7. The largest absolute Gasteiger partial charge is 0.316 e. The maximum Gasteiger partial charge on any atom is 0.263 e. The first-order valence-electron chi connectivity index (χ1n) is 11.0. The molecule has 10 heteroatoms. The second kappa shape index (κ2) is 9.08. The molecule has 8 nitrogen and oxygen atoms in total. The molecule has 1 aliphatic carbocycles. The van der Waals surface area contributed by atoms with Gasteiger partial charge in [-0.1, -0.05) is 36.9 Å². The molecule has 0 saturated carbocycles. The summed E-state index contributed by atoms with van der Waals surface area (Å²) in [6.45, 7) is 6.25. The van der Waals surface area contributed by atoms with E-state index in [1.807, 2.05) is 18.2 Å². The Hall–Kier alpha value is -3.42. The summed E-state index contributed by atoms with van der Waals surface area (Å²) in [4.78, 5) is 26.9. The predicted molar refractivity (Wildman–Crippen MR) is 135 cm³/mol. The average Bonchev–Trinajstić information content (AvgIpc) is 3.40. The molecule has 0 radical (unpaired) electrons. The third-order valence-corrected chi connectivity index (χ3v) is 8.10. The van der Waals surface area contributed by atoms with E-state index < -0.39 is 0 Å². The van der Waals surface area contributed by atoms with Gasteiger partial charge in [-0.25, -0.2) is 0 Å². The van der Waals surface area contributed by atoms with Gasteiger partial charge < -0.3 is 5.32 Å². The van der Waals surface area contributed by atoms with Crippen molar-refractivity contribution in [3.63, 3.8) is 0 Å². The molecule has 3 aromatic heterocycles. The summed E-state index contributed by atoms with van der Waals surface area (Å²) in [6.07, 6.45) is 4.53. The van der Waals surface area contributed by atoms with Gasteiger partial charge in [-0.05, 0) is 42.9 Å². The highest BCUT2D eigenvalue weighted by molar-refractivity contribution is 7.99. The number of amides is 1. The molecule has 1 amide bonds. The predicted octanol–water partition coefficient (Wildman–Crippen LogP) is 4.02. The topological polar surface area (TPSA) is 105 Å². The number of anilines is 1. The highest BCUT2D eigenvalue weighted by Gasteiger charge is 2.25. The number of thioether (sulfide) groups is 1. The lowest BCUT2D eigenvalue weighted by atomic mass is 9.89. The minimum Gasteiger partial charge on any atom is -0.316 e. The van der Waals surface area contributed by atoms with E-state index in [0.29, 0.717) is 44.9 Å². The van der Waals surface area contributed by atoms with Gasteiger partial charge in [0.25, 0.3) is 5.56 Å². The van der Waals surface area contributed by atoms with Crippen LogP contribution in [0, 0.1) is 17.2 Å².